The van der Waals surface area contributed by atoms with Crippen molar-refractivity contribution < 1.29 is 0 Å². The minimum absolute atomic E-state index is 0.290. The van der Waals surface area contributed by atoms with Crippen molar-refractivity contribution in [2.24, 2.45) is 5.92 Å². The molecule has 0 atom stereocenters. The van der Waals surface area contributed by atoms with Crippen molar-refractivity contribution in [1.29, 1.82) is 0 Å². The van der Waals surface area contributed by atoms with Crippen LogP contribution in [0.1, 0.15) is 43.9 Å². The van der Waals surface area contributed by atoms with Crippen LogP contribution in [0.4, 0.5) is 0 Å². The maximum atomic E-state index is 3.75. The predicted molar refractivity (Wildman–Crippen MR) is 86.8 cm³/mol. The van der Waals surface area contributed by atoms with Crippen molar-refractivity contribution in [2.45, 2.75) is 32.7 Å². The van der Waals surface area contributed by atoms with E-state index in [9.17, 15) is 0 Å². The lowest BCUT2D eigenvalue weighted by molar-refractivity contribution is 0.431. The molecule has 0 bridgehead atoms. The third kappa shape index (κ3) is 3.94. The maximum Gasteiger partial charge on any atom is 0.0576 e. The molecule has 20 heavy (non-hydrogen) atoms. The van der Waals surface area contributed by atoms with Crippen molar-refractivity contribution >= 4 is 0 Å². The summed E-state index contributed by atoms with van der Waals surface area (Å²) in [6, 6.07) is 21.7. The van der Waals surface area contributed by atoms with Gasteiger partial charge in [-0.1, -0.05) is 87.4 Å². The third-order valence-electron chi connectivity index (χ3n) is 4.03. The molecule has 0 radical (unpaired) electrons. The highest BCUT2D eigenvalue weighted by atomic mass is 14.9. The SMILES string of the molecule is CCC(CC)CNC(c1ccccc1)c1ccccc1. The first kappa shape index (κ1) is 14.8. The highest BCUT2D eigenvalue weighted by molar-refractivity contribution is 5.31. The van der Waals surface area contributed by atoms with E-state index >= 15 is 0 Å². The highest BCUT2D eigenvalue weighted by Gasteiger charge is 2.14. The maximum absolute atomic E-state index is 3.75. The van der Waals surface area contributed by atoms with E-state index in [1.54, 1.807) is 0 Å². The Morgan fingerprint density at radius 2 is 1.20 bits per heavy atom. The molecular weight excluding hydrogens is 242 g/mol. The lowest BCUT2D eigenvalue weighted by Gasteiger charge is -2.23. The Hall–Kier alpha value is -1.60. The van der Waals surface area contributed by atoms with Gasteiger partial charge in [0.05, 0.1) is 6.04 Å². The van der Waals surface area contributed by atoms with Crippen LogP contribution in [-0.4, -0.2) is 6.54 Å². The third-order valence-corrected chi connectivity index (χ3v) is 4.03. The predicted octanol–water partition coefficient (Wildman–Crippen LogP) is 4.80. The van der Waals surface area contributed by atoms with Gasteiger partial charge < -0.3 is 5.32 Å². The Kier molecular flexibility index (Phi) is 5.82. The van der Waals surface area contributed by atoms with E-state index in [-0.39, 0.29) is 6.04 Å². The number of benzene rings is 2. The molecule has 0 saturated heterocycles. The number of rotatable bonds is 7. The van der Waals surface area contributed by atoms with E-state index in [4.69, 9.17) is 0 Å². The van der Waals surface area contributed by atoms with Crippen molar-refractivity contribution in [1.82, 2.24) is 5.32 Å². The summed E-state index contributed by atoms with van der Waals surface area (Å²) in [7, 11) is 0. The molecule has 0 fully saturated rings. The molecule has 0 saturated carbocycles. The molecule has 1 N–H and O–H groups in total. The van der Waals surface area contributed by atoms with Gasteiger partial charge in [-0.25, -0.2) is 0 Å². The second-order valence-corrected chi connectivity index (χ2v) is 5.35. The Morgan fingerprint density at radius 1 is 0.750 bits per heavy atom. The fraction of sp³-hybridized carbons (Fsp3) is 0.368. The van der Waals surface area contributed by atoms with E-state index in [1.807, 2.05) is 0 Å². The molecular formula is C19H25N. The molecule has 2 aromatic rings. The zero-order valence-electron chi connectivity index (χ0n) is 12.5. The highest BCUT2D eigenvalue weighted by Crippen LogP contribution is 2.22. The summed E-state index contributed by atoms with van der Waals surface area (Å²) in [5, 5.41) is 3.75. The lowest BCUT2D eigenvalue weighted by atomic mass is 9.97. The summed E-state index contributed by atoms with van der Waals surface area (Å²) in [5.41, 5.74) is 2.68. The Bertz CT molecular complexity index is 434. The van der Waals surface area contributed by atoms with Gasteiger partial charge >= 0.3 is 0 Å². The van der Waals surface area contributed by atoms with Gasteiger partial charge in [0.2, 0.25) is 0 Å². The fourth-order valence-corrected chi connectivity index (χ4v) is 2.58. The Labute approximate surface area is 123 Å². The summed E-state index contributed by atoms with van der Waals surface area (Å²) in [6.07, 6.45) is 2.47. The van der Waals surface area contributed by atoms with E-state index in [0.717, 1.165) is 12.5 Å². The fourth-order valence-electron chi connectivity index (χ4n) is 2.58. The van der Waals surface area contributed by atoms with E-state index in [1.165, 1.54) is 24.0 Å². The summed E-state index contributed by atoms with van der Waals surface area (Å²) in [6.45, 7) is 5.62. The first-order valence-electron chi connectivity index (χ1n) is 7.68. The van der Waals surface area contributed by atoms with Crippen molar-refractivity contribution in [3.05, 3.63) is 71.8 Å². The van der Waals surface area contributed by atoms with Crippen LogP contribution >= 0.6 is 0 Å². The van der Waals surface area contributed by atoms with Gasteiger partial charge in [0.25, 0.3) is 0 Å². The monoisotopic (exact) mass is 267 g/mol. The van der Waals surface area contributed by atoms with Crippen molar-refractivity contribution in [3.63, 3.8) is 0 Å². The minimum Gasteiger partial charge on any atom is -0.306 e. The molecule has 0 aliphatic rings. The minimum atomic E-state index is 0.290. The van der Waals surface area contributed by atoms with Gasteiger partial charge in [-0.05, 0) is 23.6 Å². The van der Waals surface area contributed by atoms with Crippen LogP contribution in [-0.2, 0) is 0 Å². The molecule has 2 aromatic carbocycles. The molecule has 2 rings (SSSR count). The number of hydrogen-bond donors (Lipinski definition) is 1. The summed E-state index contributed by atoms with van der Waals surface area (Å²) in [4.78, 5) is 0. The van der Waals surface area contributed by atoms with Crippen LogP contribution in [0.5, 0.6) is 0 Å². The summed E-state index contributed by atoms with van der Waals surface area (Å²) < 4.78 is 0. The van der Waals surface area contributed by atoms with E-state index in [0.29, 0.717) is 0 Å². The molecule has 1 heteroatoms. The smallest absolute Gasteiger partial charge is 0.0576 e. The second-order valence-electron chi connectivity index (χ2n) is 5.35. The largest absolute Gasteiger partial charge is 0.306 e. The zero-order chi connectivity index (χ0) is 14.2. The quantitative estimate of drug-likeness (QED) is 0.759. The summed E-state index contributed by atoms with van der Waals surface area (Å²) >= 11 is 0. The molecule has 0 unspecified atom stereocenters. The number of hydrogen-bond acceptors (Lipinski definition) is 1. The first-order chi connectivity index (χ1) is 9.85. The molecule has 1 nitrogen and oxygen atoms in total. The summed E-state index contributed by atoms with van der Waals surface area (Å²) in [5.74, 6) is 0.755. The van der Waals surface area contributed by atoms with E-state index < -0.39 is 0 Å². The van der Waals surface area contributed by atoms with Crippen LogP contribution in [0.25, 0.3) is 0 Å². The van der Waals surface area contributed by atoms with Gasteiger partial charge in [0.1, 0.15) is 0 Å². The molecule has 0 aliphatic carbocycles. The standard InChI is InChI=1S/C19H25N/c1-3-16(4-2)15-20-19(17-11-7-5-8-12-17)18-13-9-6-10-14-18/h5-14,16,19-20H,3-4,15H2,1-2H3. The molecule has 106 valence electrons. The topological polar surface area (TPSA) is 12.0 Å². The van der Waals surface area contributed by atoms with Crippen molar-refractivity contribution in [2.75, 3.05) is 6.54 Å². The van der Waals surface area contributed by atoms with Gasteiger partial charge in [-0.3, -0.25) is 0 Å². The lowest BCUT2D eigenvalue weighted by Crippen LogP contribution is -2.27. The normalized spacial score (nSPS) is 11.2. The van der Waals surface area contributed by atoms with Crippen molar-refractivity contribution in [3.8, 4) is 0 Å². The zero-order valence-corrected chi connectivity index (χ0v) is 12.5. The molecule has 0 heterocycles. The average Bonchev–Trinajstić information content (AvgIpc) is 2.53. The Morgan fingerprint density at radius 3 is 1.60 bits per heavy atom. The van der Waals surface area contributed by atoms with Gasteiger partial charge in [-0.2, -0.15) is 0 Å². The number of nitrogens with one attached hydrogen (secondary N) is 1. The average molecular weight is 267 g/mol. The van der Waals surface area contributed by atoms with Gasteiger partial charge in [-0.15, -0.1) is 0 Å². The first-order valence-corrected chi connectivity index (χ1v) is 7.68. The van der Waals surface area contributed by atoms with Crippen LogP contribution in [0.3, 0.4) is 0 Å². The molecule has 0 amide bonds. The van der Waals surface area contributed by atoms with Gasteiger partial charge in [0.15, 0.2) is 0 Å². The Balaban J connectivity index is 2.17. The van der Waals surface area contributed by atoms with Crippen LogP contribution in [0.2, 0.25) is 0 Å². The van der Waals surface area contributed by atoms with Crippen LogP contribution in [0, 0.1) is 5.92 Å². The van der Waals surface area contributed by atoms with Crippen LogP contribution < -0.4 is 5.32 Å². The van der Waals surface area contributed by atoms with Gasteiger partial charge in [0, 0.05) is 0 Å². The molecule has 0 spiro atoms. The molecule has 0 aromatic heterocycles. The van der Waals surface area contributed by atoms with Crippen LogP contribution in [0.15, 0.2) is 60.7 Å². The second kappa shape index (κ2) is 7.86. The molecule has 0 aliphatic heterocycles. The van der Waals surface area contributed by atoms with E-state index in [2.05, 4.69) is 79.8 Å².